The quantitative estimate of drug-likeness (QED) is 0.885. The van der Waals surface area contributed by atoms with E-state index in [9.17, 15) is 9.90 Å². The van der Waals surface area contributed by atoms with Crippen LogP contribution in [0.2, 0.25) is 0 Å². The molecule has 2 heterocycles. The highest BCUT2D eigenvalue weighted by Crippen LogP contribution is 2.22. The Morgan fingerprint density at radius 1 is 1.45 bits per heavy atom. The molecule has 0 aromatic carbocycles. The third-order valence-electron chi connectivity index (χ3n) is 3.44. The summed E-state index contributed by atoms with van der Waals surface area (Å²) in [4.78, 5) is 16.2. The summed E-state index contributed by atoms with van der Waals surface area (Å²) in [5, 5.41) is 12.6. The molecule has 1 atom stereocenters. The SMILES string of the molecule is Cc1oc(-c2ccco2)nc1CC(=O)NCC(O)C(C)(C)C. The molecule has 0 spiro atoms. The van der Waals surface area contributed by atoms with Crippen molar-refractivity contribution in [3.63, 3.8) is 0 Å². The number of aromatic nitrogens is 1. The van der Waals surface area contributed by atoms with Crippen LogP contribution in [0.3, 0.4) is 0 Å². The maximum Gasteiger partial charge on any atom is 0.263 e. The third kappa shape index (κ3) is 3.98. The lowest BCUT2D eigenvalue weighted by Crippen LogP contribution is -2.39. The Morgan fingerprint density at radius 3 is 2.77 bits per heavy atom. The number of aliphatic hydroxyl groups is 1. The van der Waals surface area contributed by atoms with Gasteiger partial charge in [0.25, 0.3) is 5.89 Å². The molecular weight excluding hydrogens is 284 g/mol. The second-order valence-corrected chi connectivity index (χ2v) is 6.36. The van der Waals surface area contributed by atoms with E-state index in [2.05, 4.69) is 10.3 Å². The molecular formula is C16H22N2O4. The first-order chi connectivity index (χ1) is 10.3. The number of amides is 1. The van der Waals surface area contributed by atoms with Gasteiger partial charge in [-0.05, 0) is 24.5 Å². The second-order valence-electron chi connectivity index (χ2n) is 6.36. The molecule has 1 unspecified atom stereocenters. The minimum Gasteiger partial charge on any atom is -0.459 e. The summed E-state index contributed by atoms with van der Waals surface area (Å²) < 4.78 is 10.7. The second kappa shape index (κ2) is 6.36. The summed E-state index contributed by atoms with van der Waals surface area (Å²) in [6.07, 6.45) is 1.04. The van der Waals surface area contributed by atoms with Crippen molar-refractivity contribution in [2.75, 3.05) is 6.54 Å². The number of hydrogen-bond acceptors (Lipinski definition) is 5. The molecule has 0 radical (unpaired) electrons. The fourth-order valence-electron chi connectivity index (χ4n) is 1.83. The summed E-state index contributed by atoms with van der Waals surface area (Å²) in [5.74, 6) is 1.27. The maximum atomic E-state index is 12.0. The molecule has 1 amide bonds. The smallest absolute Gasteiger partial charge is 0.263 e. The molecule has 0 saturated carbocycles. The van der Waals surface area contributed by atoms with Crippen molar-refractivity contribution in [3.8, 4) is 11.7 Å². The van der Waals surface area contributed by atoms with Crippen molar-refractivity contribution in [2.24, 2.45) is 5.41 Å². The first kappa shape index (κ1) is 16.3. The van der Waals surface area contributed by atoms with Crippen molar-refractivity contribution in [3.05, 3.63) is 29.9 Å². The van der Waals surface area contributed by atoms with Gasteiger partial charge < -0.3 is 19.3 Å². The molecule has 2 N–H and O–H groups in total. The molecule has 120 valence electrons. The van der Waals surface area contributed by atoms with Crippen molar-refractivity contribution >= 4 is 5.91 Å². The van der Waals surface area contributed by atoms with E-state index in [1.807, 2.05) is 20.8 Å². The van der Waals surface area contributed by atoms with E-state index < -0.39 is 6.10 Å². The zero-order valence-corrected chi connectivity index (χ0v) is 13.3. The van der Waals surface area contributed by atoms with Gasteiger partial charge in [0.2, 0.25) is 5.91 Å². The standard InChI is InChI=1S/C16H22N2O4/c1-10-11(18-15(22-10)12-6-5-7-21-12)8-14(20)17-9-13(19)16(2,3)4/h5-7,13,19H,8-9H2,1-4H3,(H,17,20). The average molecular weight is 306 g/mol. The van der Waals surface area contributed by atoms with E-state index in [1.165, 1.54) is 6.26 Å². The Kier molecular flexibility index (Phi) is 4.71. The minimum atomic E-state index is -0.603. The van der Waals surface area contributed by atoms with Crippen LogP contribution in [0.4, 0.5) is 0 Å². The number of aliphatic hydroxyl groups excluding tert-OH is 1. The van der Waals surface area contributed by atoms with Gasteiger partial charge in [-0.15, -0.1) is 0 Å². The van der Waals surface area contributed by atoms with Crippen molar-refractivity contribution in [1.82, 2.24) is 10.3 Å². The number of rotatable bonds is 5. The van der Waals surface area contributed by atoms with Crippen LogP contribution < -0.4 is 5.32 Å². The predicted molar refractivity (Wildman–Crippen MR) is 81.1 cm³/mol. The number of hydrogen-bond donors (Lipinski definition) is 2. The Hall–Kier alpha value is -2.08. The number of nitrogens with zero attached hydrogens (tertiary/aromatic N) is 1. The van der Waals surface area contributed by atoms with E-state index in [-0.39, 0.29) is 24.3 Å². The Labute approximate surface area is 129 Å². The molecule has 22 heavy (non-hydrogen) atoms. The molecule has 6 heteroatoms. The molecule has 0 bridgehead atoms. The lowest BCUT2D eigenvalue weighted by atomic mass is 9.89. The number of oxazole rings is 1. The topological polar surface area (TPSA) is 88.5 Å². The van der Waals surface area contributed by atoms with Crippen LogP contribution >= 0.6 is 0 Å². The van der Waals surface area contributed by atoms with Gasteiger partial charge >= 0.3 is 0 Å². The number of carbonyl (C=O) groups excluding carboxylic acids is 1. The van der Waals surface area contributed by atoms with E-state index in [4.69, 9.17) is 8.83 Å². The summed E-state index contributed by atoms with van der Waals surface area (Å²) in [7, 11) is 0. The highest BCUT2D eigenvalue weighted by molar-refractivity contribution is 5.78. The van der Waals surface area contributed by atoms with Gasteiger partial charge in [-0.1, -0.05) is 20.8 Å². The highest BCUT2D eigenvalue weighted by Gasteiger charge is 2.23. The fourth-order valence-corrected chi connectivity index (χ4v) is 1.83. The lowest BCUT2D eigenvalue weighted by Gasteiger charge is -2.25. The molecule has 0 aliphatic heterocycles. The Balaban J connectivity index is 1.95. The van der Waals surface area contributed by atoms with Crippen LogP contribution in [0, 0.1) is 12.3 Å². The number of furan rings is 1. The molecule has 6 nitrogen and oxygen atoms in total. The van der Waals surface area contributed by atoms with E-state index >= 15 is 0 Å². The van der Waals surface area contributed by atoms with Gasteiger partial charge in [0.15, 0.2) is 5.76 Å². The number of nitrogens with one attached hydrogen (secondary N) is 1. The first-order valence-corrected chi connectivity index (χ1v) is 7.22. The van der Waals surface area contributed by atoms with Gasteiger partial charge in [0.05, 0.1) is 24.5 Å². The molecule has 2 rings (SSSR count). The zero-order valence-electron chi connectivity index (χ0n) is 13.3. The van der Waals surface area contributed by atoms with Gasteiger partial charge in [0.1, 0.15) is 5.76 Å². The van der Waals surface area contributed by atoms with Crippen molar-refractivity contribution in [2.45, 2.75) is 40.2 Å². The number of aryl methyl sites for hydroxylation is 1. The minimum absolute atomic E-state index is 0.104. The third-order valence-corrected chi connectivity index (χ3v) is 3.44. The Bertz CT molecular complexity index is 623. The first-order valence-electron chi connectivity index (χ1n) is 7.22. The van der Waals surface area contributed by atoms with Crippen molar-refractivity contribution < 1.29 is 18.7 Å². The van der Waals surface area contributed by atoms with E-state index in [0.29, 0.717) is 23.1 Å². The van der Waals surface area contributed by atoms with Crippen LogP contribution in [0.25, 0.3) is 11.7 Å². The number of carbonyl (C=O) groups is 1. The van der Waals surface area contributed by atoms with E-state index in [0.717, 1.165) is 0 Å². The summed E-state index contributed by atoms with van der Waals surface area (Å²) >= 11 is 0. The average Bonchev–Trinajstić information content (AvgIpc) is 3.05. The summed E-state index contributed by atoms with van der Waals surface area (Å²) in [5.41, 5.74) is 0.290. The fraction of sp³-hybridized carbons (Fsp3) is 0.500. The van der Waals surface area contributed by atoms with Crippen LogP contribution in [0.1, 0.15) is 32.2 Å². The normalized spacial score (nSPS) is 13.1. The summed E-state index contributed by atoms with van der Waals surface area (Å²) in [6.45, 7) is 7.72. The molecule has 2 aromatic heterocycles. The summed E-state index contributed by atoms with van der Waals surface area (Å²) in [6, 6.07) is 3.49. The predicted octanol–water partition coefficient (Wildman–Crippen LogP) is 2.31. The molecule has 0 aliphatic rings. The maximum absolute atomic E-state index is 12.0. The Morgan fingerprint density at radius 2 is 2.18 bits per heavy atom. The van der Waals surface area contributed by atoms with Crippen LogP contribution in [-0.2, 0) is 11.2 Å². The van der Waals surface area contributed by atoms with Gasteiger partial charge in [-0.2, -0.15) is 0 Å². The molecule has 0 aliphatic carbocycles. The molecule has 0 saturated heterocycles. The van der Waals surface area contributed by atoms with Gasteiger partial charge in [0, 0.05) is 6.54 Å². The zero-order chi connectivity index (χ0) is 16.3. The lowest BCUT2D eigenvalue weighted by molar-refractivity contribution is -0.121. The van der Waals surface area contributed by atoms with Crippen LogP contribution in [0.15, 0.2) is 27.2 Å². The van der Waals surface area contributed by atoms with Crippen LogP contribution in [0.5, 0.6) is 0 Å². The highest BCUT2D eigenvalue weighted by atomic mass is 16.4. The molecule has 2 aromatic rings. The molecule has 0 fully saturated rings. The van der Waals surface area contributed by atoms with Crippen LogP contribution in [-0.4, -0.2) is 28.6 Å². The van der Waals surface area contributed by atoms with E-state index in [1.54, 1.807) is 19.1 Å². The van der Waals surface area contributed by atoms with Gasteiger partial charge in [-0.3, -0.25) is 4.79 Å². The van der Waals surface area contributed by atoms with Crippen molar-refractivity contribution in [1.29, 1.82) is 0 Å². The van der Waals surface area contributed by atoms with Gasteiger partial charge in [-0.25, -0.2) is 4.98 Å². The monoisotopic (exact) mass is 306 g/mol. The largest absolute Gasteiger partial charge is 0.459 e.